The van der Waals surface area contributed by atoms with E-state index in [0.29, 0.717) is 0 Å². The van der Waals surface area contributed by atoms with E-state index in [-0.39, 0.29) is 30.1 Å². The number of nitrogens with zero attached hydrogens (tertiary/aromatic N) is 1. The summed E-state index contributed by atoms with van der Waals surface area (Å²) in [6.07, 6.45) is 2.94. The quantitative estimate of drug-likeness (QED) is 0.888. The van der Waals surface area contributed by atoms with Crippen LogP contribution >= 0.6 is 0 Å². The maximum atomic E-state index is 12.7. The second-order valence-electron chi connectivity index (χ2n) is 4.64. The maximum Gasteiger partial charge on any atom is 0.224 e. The molecule has 0 aromatic heterocycles. The van der Waals surface area contributed by atoms with Gasteiger partial charge in [0.15, 0.2) is 0 Å². The van der Waals surface area contributed by atoms with Crippen molar-refractivity contribution in [2.75, 3.05) is 0 Å². The summed E-state index contributed by atoms with van der Waals surface area (Å²) in [6.45, 7) is 0. The molecule has 1 aromatic carbocycles. The molecule has 94 valence electrons. The average molecular weight is 246 g/mol. The number of halogens is 1. The Hall–Kier alpha value is -1.89. The van der Waals surface area contributed by atoms with Gasteiger partial charge in [-0.15, -0.1) is 0 Å². The van der Waals surface area contributed by atoms with Crippen molar-refractivity contribution in [1.82, 2.24) is 5.32 Å². The Bertz CT molecular complexity index is 464. The Labute approximate surface area is 106 Å². The van der Waals surface area contributed by atoms with Gasteiger partial charge in [-0.2, -0.15) is 5.26 Å². The normalized spacial score (nSPS) is 22.4. The highest BCUT2D eigenvalue weighted by Gasteiger charge is 2.28. The number of benzene rings is 1. The van der Waals surface area contributed by atoms with Crippen LogP contribution in [-0.2, 0) is 11.2 Å². The van der Waals surface area contributed by atoms with Crippen molar-refractivity contribution < 1.29 is 9.18 Å². The zero-order chi connectivity index (χ0) is 13.0. The standard InChI is InChI=1S/C14H15FN2O/c15-12-6-4-10(5-7-12)8-14(18)17-13-3-1-2-11(13)9-16/h4-7,11,13H,1-3,8H2,(H,17,18). The van der Waals surface area contributed by atoms with Crippen LogP contribution in [0, 0.1) is 23.1 Å². The third-order valence-corrected chi connectivity index (χ3v) is 3.31. The molecule has 1 aromatic rings. The summed E-state index contributed by atoms with van der Waals surface area (Å²) in [7, 11) is 0. The number of carbonyl (C=O) groups is 1. The molecule has 0 bridgehead atoms. The predicted molar refractivity (Wildman–Crippen MR) is 65.0 cm³/mol. The summed E-state index contributed by atoms with van der Waals surface area (Å²) >= 11 is 0. The molecule has 2 rings (SSSR count). The summed E-state index contributed by atoms with van der Waals surface area (Å²) in [5.41, 5.74) is 0.778. The lowest BCUT2D eigenvalue weighted by Gasteiger charge is -2.15. The monoisotopic (exact) mass is 246 g/mol. The van der Waals surface area contributed by atoms with Crippen LogP contribution in [0.5, 0.6) is 0 Å². The van der Waals surface area contributed by atoms with Gasteiger partial charge in [-0.3, -0.25) is 4.79 Å². The number of hydrogen-bond acceptors (Lipinski definition) is 2. The van der Waals surface area contributed by atoms with Crippen LogP contribution in [0.3, 0.4) is 0 Å². The number of rotatable bonds is 3. The third-order valence-electron chi connectivity index (χ3n) is 3.31. The lowest BCUT2D eigenvalue weighted by Crippen LogP contribution is -2.37. The molecule has 0 heterocycles. The first-order valence-electron chi connectivity index (χ1n) is 6.12. The molecule has 1 saturated carbocycles. The summed E-state index contributed by atoms with van der Waals surface area (Å²) in [5.74, 6) is -0.476. The van der Waals surface area contributed by atoms with Crippen molar-refractivity contribution in [3.8, 4) is 6.07 Å². The SMILES string of the molecule is N#CC1CCCC1NC(=O)Cc1ccc(F)cc1. The Balaban J connectivity index is 1.89. The summed E-state index contributed by atoms with van der Waals surface area (Å²) in [5, 5.41) is 11.8. The molecular formula is C14H15FN2O. The van der Waals surface area contributed by atoms with Crippen LogP contribution in [0.15, 0.2) is 24.3 Å². The second kappa shape index (κ2) is 5.63. The number of carbonyl (C=O) groups excluding carboxylic acids is 1. The predicted octanol–water partition coefficient (Wildman–Crippen LogP) is 2.18. The van der Waals surface area contributed by atoms with Crippen LogP contribution in [0.25, 0.3) is 0 Å². The number of amides is 1. The van der Waals surface area contributed by atoms with Crippen molar-refractivity contribution in [3.63, 3.8) is 0 Å². The summed E-state index contributed by atoms with van der Waals surface area (Å²) < 4.78 is 12.7. The first-order valence-corrected chi connectivity index (χ1v) is 6.12. The first kappa shape index (κ1) is 12.6. The third kappa shape index (κ3) is 3.07. The molecule has 3 nitrogen and oxygen atoms in total. The fourth-order valence-corrected chi connectivity index (χ4v) is 2.33. The fraction of sp³-hybridized carbons (Fsp3) is 0.429. The molecule has 2 unspecified atom stereocenters. The average Bonchev–Trinajstić information content (AvgIpc) is 2.79. The lowest BCUT2D eigenvalue weighted by atomic mass is 10.1. The number of hydrogen-bond donors (Lipinski definition) is 1. The largest absolute Gasteiger partial charge is 0.352 e. The molecule has 1 fully saturated rings. The van der Waals surface area contributed by atoms with Crippen molar-refractivity contribution in [1.29, 1.82) is 5.26 Å². The molecule has 1 aliphatic carbocycles. The van der Waals surface area contributed by atoms with Crippen molar-refractivity contribution in [2.24, 2.45) is 5.92 Å². The van der Waals surface area contributed by atoms with Crippen molar-refractivity contribution in [2.45, 2.75) is 31.7 Å². The summed E-state index contributed by atoms with van der Waals surface area (Å²) in [4.78, 5) is 11.8. The molecule has 0 saturated heterocycles. The molecule has 0 spiro atoms. The van der Waals surface area contributed by atoms with Gasteiger partial charge >= 0.3 is 0 Å². The van der Waals surface area contributed by atoms with E-state index in [4.69, 9.17) is 5.26 Å². The van der Waals surface area contributed by atoms with Crippen LogP contribution in [0.1, 0.15) is 24.8 Å². The Kier molecular flexibility index (Phi) is 3.93. The molecule has 1 aliphatic rings. The van der Waals surface area contributed by atoms with Gasteiger partial charge in [-0.05, 0) is 37.0 Å². The van der Waals surface area contributed by atoms with E-state index >= 15 is 0 Å². The van der Waals surface area contributed by atoms with E-state index in [2.05, 4.69) is 11.4 Å². The van der Waals surface area contributed by atoms with Crippen LogP contribution in [0.2, 0.25) is 0 Å². The minimum absolute atomic E-state index is 0.0250. The Morgan fingerprint density at radius 2 is 2.11 bits per heavy atom. The zero-order valence-corrected chi connectivity index (χ0v) is 10.0. The van der Waals surface area contributed by atoms with E-state index in [1.807, 2.05) is 0 Å². The molecule has 4 heteroatoms. The highest BCUT2D eigenvalue weighted by atomic mass is 19.1. The van der Waals surface area contributed by atoms with Gasteiger partial charge in [0.1, 0.15) is 5.82 Å². The first-order chi connectivity index (χ1) is 8.69. The van der Waals surface area contributed by atoms with Gasteiger partial charge in [0.05, 0.1) is 18.4 Å². The molecule has 1 amide bonds. The topological polar surface area (TPSA) is 52.9 Å². The van der Waals surface area contributed by atoms with Gasteiger partial charge in [0.25, 0.3) is 0 Å². The van der Waals surface area contributed by atoms with Gasteiger partial charge in [-0.25, -0.2) is 4.39 Å². The van der Waals surface area contributed by atoms with Gasteiger partial charge < -0.3 is 5.32 Å². The van der Waals surface area contributed by atoms with Gasteiger partial charge in [0, 0.05) is 6.04 Å². The Morgan fingerprint density at radius 3 is 2.78 bits per heavy atom. The molecule has 1 N–H and O–H groups in total. The molecular weight excluding hydrogens is 231 g/mol. The summed E-state index contributed by atoms with van der Waals surface area (Å²) in [6, 6.07) is 8.09. The zero-order valence-electron chi connectivity index (χ0n) is 10.0. The number of nitrogens with one attached hydrogen (secondary N) is 1. The van der Waals surface area contributed by atoms with Crippen LogP contribution in [-0.4, -0.2) is 11.9 Å². The lowest BCUT2D eigenvalue weighted by molar-refractivity contribution is -0.121. The highest BCUT2D eigenvalue weighted by Crippen LogP contribution is 2.24. The van der Waals surface area contributed by atoms with Crippen molar-refractivity contribution in [3.05, 3.63) is 35.6 Å². The smallest absolute Gasteiger partial charge is 0.224 e. The minimum atomic E-state index is -0.306. The van der Waals surface area contributed by atoms with E-state index < -0.39 is 0 Å². The molecule has 18 heavy (non-hydrogen) atoms. The van der Waals surface area contributed by atoms with E-state index in [9.17, 15) is 9.18 Å². The second-order valence-corrected chi connectivity index (χ2v) is 4.64. The van der Waals surface area contributed by atoms with E-state index in [1.165, 1.54) is 12.1 Å². The van der Waals surface area contributed by atoms with Gasteiger partial charge in [0.2, 0.25) is 5.91 Å². The van der Waals surface area contributed by atoms with E-state index in [0.717, 1.165) is 24.8 Å². The highest BCUT2D eigenvalue weighted by molar-refractivity contribution is 5.78. The molecule has 0 radical (unpaired) electrons. The van der Waals surface area contributed by atoms with Gasteiger partial charge in [-0.1, -0.05) is 12.1 Å². The minimum Gasteiger partial charge on any atom is -0.352 e. The fourth-order valence-electron chi connectivity index (χ4n) is 2.33. The molecule has 0 aliphatic heterocycles. The number of nitriles is 1. The van der Waals surface area contributed by atoms with Crippen molar-refractivity contribution >= 4 is 5.91 Å². The maximum absolute atomic E-state index is 12.7. The molecule has 2 atom stereocenters. The van der Waals surface area contributed by atoms with Crippen LogP contribution < -0.4 is 5.32 Å². The van der Waals surface area contributed by atoms with Crippen LogP contribution in [0.4, 0.5) is 4.39 Å². The van der Waals surface area contributed by atoms with E-state index in [1.54, 1.807) is 12.1 Å². The Morgan fingerprint density at radius 1 is 1.39 bits per heavy atom.